The highest BCUT2D eigenvalue weighted by atomic mass is 127. The molecular formula is C15H16F3IN2. The van der Waals surface area contributed by atoms with Crippen LogP contribution in [0.2, 0.25) is 0 Å². The number of benzene rings is 1. The molecule has 0 unspecified atom stereocenters. The van der Waals surface area contributed by atoms with Gasteiger partial charge in [-0.3, -0.25) is 0 Å². The number of alkyl halides is 3. The Balaban J connectivity index is 2.68. The first-order valence-corrected chi connectivity index (χ1v) is 7.52. The Labute approximate surface area is 135 Å². The van der Waals surface area contributed by atoms with Crippen LogP contribution in [0, 0.1) is 10.5 Å². The molecule has 0 N–H and O–H groups in total. The molecule has 0 radical (unpaired) electrons. The normalized spacial score (nSPS) is 12.8. The first kappa shape index (κ1) is 16.3. The summed E-state index contributed by atoms with van der Waals surface area (Å²) < 4.78 is 41.2. The summed E-state index contributed by atoms with van der Waals surface area (Å²) in [5.41, 5.74) is 0.894. The van der Waals surface area contributed by atoms with Gasteiger partial charge in [0.2, 0.25) is 0 Å². The maximum absolute atomic E-state index is 13.2. The lowest BCUT2D eigenvalue weighted by molar-refractivity contribution is -0.142. The fourth-order valence-electron chi connectivity index (χ4n) is 2.03. The molecule has 2 rings (SSSR count). The maximum atomic E-state index is 13.2. The van der Waals surface area contributed by atoms with Gasteiger partial charge in [-0.05, 0) is 58.7 Å². The van der Waals surface area contributed by atoms with E-state index >= 15 is 0 Å². The Morgan fingerprint density at radius 3 is 2.24 bits per heavy atom. The summed E-state index contributed by atoms with van der Waals surface area (Å²) >= 11 is 2.03. The highest BCUT2D eigenvalue weighted by Gasteiger charge is 2.36. The fraction of sp³-hybridized carbons (Fsp3) is 0.400. The third kappa shape index (κ3) is 3.41. The van der Waals surface area contributed by atoms with E-state index < -0.39 is 11.9 Å². The maximum Gasteiger partial charge on any atom is 0.433 e. The van der Waals surface area contributed by atoms with E-state index in [-0.39, 0.29) is 5.41 Å². The summed E-state index contributed by atoms with van der Waals surface area (Å²) in [5.74, 6) is 0. The number of nitrogens with zero attached hydrogens (tertiary/aromatic N) is 2. The molecule has 21 heavy (non-hydrogen) atoms. The highest BCUT2D eigenvalue weighted by molar-refractivity contribution is 14.1. The van der Waals surface area contributed by atoms with Crippen molar-refractivity contribution in [1.82, 2.24) is 9.78 Å². The Morgan fingerprint density at radius 2 is 1.71 bits per heavy atom. The summed E-state index contributed by atoms with van der Waals surface area (Å²) in [7, 11) is 0. The van der Waals surface area contributed by atoms with Crippen molar-refractivity contribution >= 4 is 22.6 Å². The van der Waals surface area contributed by atoms with Gasteiger partial charge in [0.05, 0.1) is 11.4 Å². The average Bonchev–Trinajstić information content (AvgIpc) is 2.70. The molecule has 0 aliphatic carbocycles. The largest absolute Gasteiger partial charge is 0.433 e. The molecule has 0 saturated heterocycles. The van der Waals surface area contributed by atoms with Crippen LogP contribution in [0.5, 0.6) is 0 Å². The Bertz CT molecular complexity index is 667. The highest BCUT2D eigenvalue weighted by Crippen LogP contribution is 2.34. The molecule has 0 aliphatic rings. The smallest absolute Gasteiger partial charge is 0.227 e. The van der Waals surface area contributed by atoms with Crippen molar-refractivity contribution < 1.29 is 13.2 Å². The van der Waals surface area contributed by atoms with E-state index in [1.807, 2.05) is 55.5 Å². The van der Waals surface area contributed by atoms with Crippen LogP contribution in [0.3, 0.4) is 0 Å². The van der Waals surface area contributed by atoms with Gasteiger partial charge in [0.25, 0.3) is 0 Å². The van der Waals surface area contributed by atoms with E-state index in [1.165, 1.54) is 0 Å². The number of aryl methyl sites for hydroxylation is 1. The number of hydrogen-bond donors (Lipinski definition) is 0. The molecular weight excluding hydrogens is 392 g/mol. The summed E-state index contributed by atoms with van der Waals surface area (Å²) in [4.78, 5) is 0. The van der Waals surface area contributed by atoms with Crippen LogP contribution in [0.25, 0.3) is 5.69 Å². The zero-order valence-electron chi connectivity index (χ0n) is 12.2. The van der Waals surface area contributed by atoms with E-state index in [0.29, 0.717) is 11.4 Å². The van der Waals surface area contributed by atoms with Gasteiger partial charge >= 0.3 is 6.18 Å². The molecule has 0 aliphatic heterocycles. The second kappa shape index (κ2) is 5.30. The van der Waals surface area contributed by atoms with Gasteiger partial charge in [-0.1, -0.05) is 26.8 Å². The van der Waals surface area contributed by atoms with Gasteiger partial charge in [-0.15, -0.1) is 0 Å². The van der Waals surface area contributed by atoms with E-state index in [2.05, 4.69) is 5.10 Å². The first-order valence-electron chi connectivity index (χ1n) is 6.44. The fourth-order valence-corrected chi connectivity index (χ4v) is 2.59. The van der Waals surface area contributed by atoms with Gasteiger partial charge in [0.15, 0.2) is 0 Å². The number of hydrogen-bond acceptors (Lipinski definition) is 1. The van der Waals surface area contributed by atoms with E-state index in [0.717, 1.165) is 19.9 Å². The molecule has 2 nitrogen and oxygen atoms in total. The van der Waals surface area contributed by atoms with E-state index in [9.17, 15) is 13.2 Å². The molecule has 6 heteroatoms. The lowest BCUT2D eigenvalue weighted by Gasteiger charge is -2.21. The molecule has 114 valence electrons. The lowest BCUT2D eigenvalue weighted by Crippen LogP contribution is -2.16. The van der Waals surface area contributed by atoms with Crippen LogP contribution in [0.4, 0.5) is 13.2 Å². The molecule has 1 aromatic heterocycles. The summed E-state index contributed by atoms with van der Waals surface area (Å²) in [6.07, 6.45) is -4.43. The second-order valence-corrected chi connectivity index (χ2v) is 7.16. The molecule has 1 aromatic carbocycles. The number of halogens is 4. The van der Waals surface area contributed by atoms with Crippen molar-refractivity contribution in [2.75, 3.05) is 0 Å². The Morgan fingerprint density at radius 1 is 1.10 bits per heavy atom. The summed E-state index contributed by atoms with van der Waals surface area (Å²) in [5, 5.41) is 4.02. The van der Waals surface area contributed by atoms with Crippen molar-refractivity contribution in [3.8, 4) is 5.69 Å². The van der Waals surface area contributed by atoms with E-state index in [4.69, 9.17) is 0 Å². The summed E-state index contributed by atoms with van der Waals surface area (Å²) in [6.45, 7) is 7.64. The van der Waals surface area contributed by atoms with Gasteiger partial charge < -0.3 is 0 Å². The second-order valence-electron chi connectivity index (χ2n) is 6.00. The molecule has 0 atom stereocenters. The van der Waals surface area contributed by atoms with E-state index in [1.54, 1.807) is 13.0 Å². The Kier molecular flexibility index (Phi) is 4.12. The van der Waals surface area contributed by atoms with Crippen LogP contribution in [-0.4, -0.2) is 9.78 Å². The third-order valence-corrected chi connectivity index (χ3v) is 4.07. The molecule has 0 saturated carbocycles. The standard InChI is InChI=1S/C15H16F3IN2/c1-9-7-13(15(16,17)18)21(20-9)12-8-10(14(2,3)4)5-6-11(12)19/h5-8H,1-4H3. The average molecular weight is 408 g/mol. The predicted molar refractivity (Wildman–Crippen MR) is 84.7 cm³/mol. The van der Waals surface area contributed by atoms with Gasteiger partial charge in [0, 0.05) is 3.57 Å². The van der Waals surface area contributed by atoms with Crippen LogP contribution >= 0.6 is 22.6 Å². The van der Waals surface area contributed by atoms with Gasteiger partial charge in [0.1, 0.15) is 5.69 Å². The van der Waals surface area contributed by atoms with Gasteiger partial charge in [-0.25, -0.2) is 4.68 Å². The van der Waals surface area contributed by atoms with Crippen molar-refractivity contribution in [2.24, 2.45) is 0 Å². The molecule has 1 heterocycles. The van der Waals surface area contributed by atoms with Gasteiger partial charge in [-0.2, -0.15) is 18.3 Å². The van der Waals surface area contributed by atoms with Crippen LogP contribution in [0.1, 0.15) is 37.7 Å². The molecule has 0 amide bonds. The molecule has 0 fully saturated rings. The van der Waals surface area contributed by atoms with Crippen LogP contribution < -0.4 is 0 Å². The topological polar surface area (TPSA) is 17.8 Å². The van der Waals surface area contributed by atoms with Crippen molar-refractivity contribution in [3.05, 3.63) is 44.8 Å². The van der Waals surface area contributed by atoms with Crippen LogP contribution in [0.15, 0.2) is 24.3 Å². The third-order valence-electron chi connectivity index (χ3n) is 3.16. The minimum atomic E-state index is -4.43. The minimum absolute atomic E-state index is 0.139. The number of rotatable bonds is 1. The molecule has 2 aromatic rings. The van der Waals surface area contributed by atoms with Crippen molar-refractivity contribution in [2.45, 2.75) is 39.3 Å². The zero-order valence-corrected chi connectivity index (χ0v) is 14.4. The quantitative estimate of drug-likeness (QED) is 0.601. The first-order chi connectivity index (χ1) is 9.50. The SMILES string of the molecule is Cc1cc(C(F)(F)F)n(-c2cc(C(C)(C)C)ccc2I)n1. The monoisotopic (exact) mass is 408 g/mol. The summed E-state index contributed by atoms with van der Waals surface area (Å²) in [6, 6.07) is 6.62. The zero-order chi connectivity index (χ0) is 16.0. The number of aromatic nitrogens is 2. The Hall–Kier alpha value is -1.05. The predicted octanol–water partition coefficient (Wildman–Crippen LogP) is 5.10. The molecule has 0 bridgehead atoms. The molecule has 0 spiro atoms. The van der Waals surface area contributed by atoms with Crippen LogP contribution in [-0.2, 0) is 11.6 Å². The van der Waals surface area contributed by atoms with Crippen molar-refractivity contribution in [3.63, 3.8) is 0 Å². The van der Waals surface area contributed by atoms with Crippen molar-refractivity contribution in [1.29, 1.82) is 0 Å². The lowest BCUT2D eigenvalue weighted by atomic mass is 9.87. The minimum Gasteiger partial charge on any atom is -0.227 e.